The molecule has 3 rings (SSSR count). The van der Waals surface area contributed by atoms with Crippen LogP contribution >= 0.6 is 0 Å². The Bertz CT molecular complexity index is 1290. The van der Waals surface area contributed by atoms with Crippen LogP contribution in [0.25, 0.3) is 5.69 Å². The molecule has 1 heterocycles. The molecule has 2 amide bonds. The van der Waals surface area contributed by atoms with Gasteiger partial charge in [0.1, 0.15) is 0 Å². The number of carbonyl (C=O) groups is 1. The molecular formula is C19H17F5N6O3S. The fourth-order valence-corrected chi connectivity index (χ4v) is 3.13. The average Bonchev–Trinajstić information content (AvgIpc) is 3.18. The molecule has 0 aliphatic rings. The van der Waals surface area contributed by atoms with Crippen LogP contribution < -0.4 is 20.5 Å². The maximum Gasteiger partial charge on any atom is 0.435 e. The standard InChI is InChI=1S/C19H17F5N6O3S/c20-15-6-5-13(7-16(15)21)30-14(8-17(29-30)19(22,23)24)10-26-18(31)28-12-3-1-11(2-4-12)9-27-34(25,32)33/h1-8,27H,9-10H2,(H2,25,32,33)(H2,26,28,31). The van der Waals surface area contributed by atoms with Crippen molar-refractivity contribution in [1.29, 1.82) is 0 Å². The summed E-state index contributed by atoms with van der Waals surface area (Å²) in [5, 5.41) is 13.0. The van der Waals surface area contributed by atoms with Gasteiger partial charge in [-0.1, -0.05) is 12.1 Å². The number of urea groups is 1. The fraction of sp³-hybridized carbons (Fsp3) is 0.158. The van der Waals surface area contributed by atoms with Crippen LogP contribution in [0.1, 0.15) is 17.0 Å². The first-order valence-electron chi connectivity index (χ1n) is 9.34. The summed E-state index contributed by atoms with van der Waals surface area (Å²) in [5.41, 5.74) is -0.733. The Labute approximate surface area is 189 Å². The van der Waals surface area contributed by atoms with Gasteiger partial charge in [0, 0.05) is 18.3 Å². The zero-order valence-corrected chi connectivity index (χ0v) is 17.8. The fourth-order valence-electron chi connectivity index (χ4n) is 2.76. The Morgan fingerprint density at radius 1 is 1.00 bits per heavy atom. The number of hydrogen-bond acceptors (Lipinski definition) is 4. The van der Waals surface area contributed by atoms with Crippen molar-refractivity contribution in [2.24, 2.45) is 5.14 Å². The summed E-state index contributed by atoms with van der Waals surface area (Å²) in [5.74, 6) is -2.46. The Morgan fingerprint density at radius 3 is 2.26 bits per heavy atom. The zero-order valence-electron chi connectivity index (χ0n) is 17.0. The molecule has 0 unspecified atom stereocenters. The summed E-state index contributed by atoms with van der Waals surface area (Å²) in [6.45, 7) is -0.495. The van der Waals surface area contributed by atoms with Crippen molar-refractivity contribution < 1.29 is 35.2 Å². The number of anilines is 1. The minimum absolute atomic E-state index is 0.0686. The summed E-state index contributed by atoms with van der Waals surface area (Å²) in [4.78, 5) is 12.2. The Kier molecular flexibility index (Phi) is 7.18. The number of carbonyl (C=O) groups excluding carboxylic acids is 1. The molecule has 2 aromatic carbocycles. The predicted molar refractivity (Wildman–Crippen MR) is 111 cm³/mol. The molecule has 182 valence electrons. The minimum atomic E-state index is -4.80. The number of amides is 2. The van der Waals surface area contributed by atoms with Crippen LogP contribution in [0, 0.1) is 11.6 Å². The van der Waals surface area contributed by atoms with Crippen LogP contribution in [-0.4, -0.2) is 24.2 Å². The molecule has 0 radical (unpaired) electrons. The van der Waals surface area contributed by atoms with E-state index in [1.165, 1.54) is 24.3 Å². The number of nitrogens with one attached hydrogen (secondary N) is 3. The van der Waals surface area contributed by atoms with Gasteiger partial charge in [0.05, 0.1) is 17.9 Å². The zero-order chi connectivity index (χ0) is 25.1. The number of nitrogens with two attached hydrogens (primary N) is 1. The van der Waals surface area contributed by atoms with Crippen molar-refractivity contribution in [2.75, 3.05) is 5.32 Å². The van der Waals surface area contributed by atoms with Crippen molar-refractivity contribution in [1.82, 2.24) is 19.8 Å². The van der Waals surface area contributed by atoms with Crippen molar-refractivity contribution in [2.45, 2.75) is 19.3 Å². The third-order valence-corrected chi connectivity index (χ3v) is 4.89. The second kappa shape index (κ2) is 9.74. The van der Waals surface area contributed by atoms with E-state index in [-0.39, 0.29) is 17.9 Å². The molecule has 1 aromatic heterocycles. The van der Waals surface area contributed by atoms with E-state index in [1.54, 1.807) is 0 Å². The monoisotopic (exact) mass is 504 g/mol. The second-order valence-electron chi connectivity index (χ2n) is 6.90. The molecule has 0 saturated heterocycles. The maximum atomic E-state index is 13.6. The van der Waals surface area contributed by atoms with E-state index in [2.05, 4.69) is 20.5 Å². The van der Waals surface area contributed by atoms with E-state index in [4.69, 9.17) is 5.14 Å². The lowest BCUT2D eigenvalue weighted by atomic mass is 10.2. The molecular weight excluding hydrogens is 487 g/mol. The number of benzene rings is 2. The quantitative estimate of drug-likeness (QED) is 0.369. The van der Waals surface area contributed by atoms with Gasteiger partial charge in [-0.15, -0.1) is 0 Å². The lowest BCUT2D eigenvalue weighted by Gasteiger charge is -2.11. The summed E-state index contributed by atoms with van der Waals surface area (Å²) >= 11 is 0. The molecule has 34 heavy (non-hydrogen) atoms. The summed E-state index contributed by atoms with van der Waals surface area (Å²) in [6, 6.07) is 8.32. The average molecular weight is 504 g/mol. The van der Waals surface area contributed by atoms with Gasteiger partial charge < -0.3 is 10.6 Å². The van der Waals surface area contributed by atoms with E-state index >= 15 is 0 Å². The smallest absolute Gasteiger partial charge is 0.332 e. The van der Waals surface area contributed by atoms with Crippen LogP contribution in [0.5, 0.6) is 0 Å². The van der Waals surface area contributed by atoms with Crippen molar-refractivity contribution in [3.8, 4) is 5.69 Å². The van der Waals surface area contributed by atoms with E-state index in [1.807, 2.05) is 0 Å². The topological polar surface area (TPSA) is 131 Å². The van der Waals surface area contributed by atoms with Crippen molar-refractivity contribution >= 4 is 21.9 Å². The molecule has 0 fully saturated rings. The highest BCUT2D eigenvalue weighted by molar-refractivity contribution is 7.87. The van der Waals surface area contributed by atoms with Crippen LogP contribution in [0.3, 0.4) is 0 Å². The van der Waals surface area contributed by atoms with Crippen molar-refractivity contribution in [3.63, 3.8) is 0 Å². The SMILES string of the molecule is NS(=O)(=O)NCc1ccc(NC(=O)NCc2cc(C(F)(F)F)nn2-c2ccc(F)c(F)c2)cc1. The van der Waals surface area contributed by atoms with Gasteiger partial charge in [-0.25, -0.2) is 23.4 Å². The molecule has 0 saturated carbocycles. The van der Waals surface area contributed by atoms with Gasteiger partial charge >= 0.3 is 12.2 Å². The summed E-state index contributed by atoms with van der Waals surface area (Å²) in [7, 11) is -3.87. The van der Waals surface area contributed by atoms with Gasteiger partial charge in [0.15, 0.2) is 17.3 Å². The van der Waals surface area contributed by atoms with Gasteiger partial charge in [0.2, 0.25) is 0 Å². The highest BCUT2D eigenvalue weighted by Crippen LogP contribution is 2.29. The molecule has 0 aliphatic carbocycles. The van der Waals surface area contributed by atoms with Gasteiger partial charge in [-0.05, 0) is 35.9 Å². The molecule has 15 heteroatoms. The molecule has 0 atom stereocenters. The first-order chi connectivity index (χ1) is 15.8. The molecule has 3 aromatic rings. The third kappa shape index (κ3) is 6.72. The number of alkyl halides is 3. The second-order valence-corrected chi connectivity index (χ2v) is 8.28. The Morgan fingerprint density at radius 2 is 1.68 bits per heavy atom. The Balaban J connectivity index is 1.70. The van der Waals surface area contributed by atoms with Crippen LogP contribution in [0.2, 0.25) is 0 Å². The lowest BCUT2D eigenvalue weighted by molar-refractivity contribution is -0.141. The van der Waals surface area contributed by atoms with E-state index in [9.17, 15) is 35.2 Å². The molecule has 0 aliphatic heterocycles. The van der Waals surface area contributed by atoms with Crippen LogP contribution in [0.4, 0.5) is 32.4 Å². The van der Waals surface area contributed by atoms with Crippen LogP contribution in [-0.2, 0) is 29.5 Å². The highest BCUT2D eigenvalue weighted by Gasteiger charge is 2.35. The van der Waals surface area contributed by atoms with Crippen molar-refractivity contribution in [3.05, 3.63) is 77.1 Å². The first kappa shape index (κ1) is 25.1. The van der Waals surface area contributed by atoms with E-state index < -0.39 is 46.3 Å². The van der Waals surface area contributed by atoms with Gasteiger partial charge in [-0.2, -0.15) is 31.4 Å². The van der Waals surface area contributed by atoms with E-state index in [0.717, 1.165) is 16.8 Å². The maximum absolute atomic E-state index is 13.6. The normalized spacial score (nSPS) is 11.9. The lowest BCUT2D eigenvalue weighted by Crippen LogP contribution is -2.30. The molecule has 0 spiro atoms. The number of aromatic nitrogens is 2. The largest absolute Gasteiger partial charge is 0.435 e. The number of rotatable bonds is 7. The summed E-state index contributed by atoms with van der Waals surface area (Å²) in [6.07, 6.45) is -4.80. The number of hydrogen-bond donors (Lipinski definition) is 4. The summed E-state index contributed by atoms with van der Waals surface area (Å²) < 4.78 is 90.8. The molecule has 9 nitrogen and oxygen atoms in total. The van der Waals surface area contributed by atoms with Gasteiger partial charge in [0.25, 0.3) is 10.2 Å². The Hall–Kier alpha value is -3.56. The molecule has 0 bridgehead atoms. The highest BCUT2D eigenvalue weighted by atomic mass is 32.2. The number of halogens is 5. The van der Waals surface area contributed by atoms with E-state index in [0.29, 0.717) is 23.4 Å². The first-order valence-corrected chi connectivity index (χ1v) is 10.9. The minimum Gasteiger partial charge on any atom is -0.332 e. The van der Waals surface area contributed by atoms with Crippen LogP contribution in [0.15, 0.2) is 48.5 Å². The number of nitrogens with zero attached hydrogens (tertiary/aromatic N) is 2. The van der Waals surface area contributed by atoms with Gasteiger partial charge in [-0.3, -0.25) is 0 Å². The third-order valence-electron chi connectivity index (χ3n) is 4.34. The predicted octanol–water partition coefficient (Wildman–Crippen LogP) is 2.78. The molecule has 5 N–H and O–H groups in total.